The lowest BCUT2D eigenvalue weighted by molar-refractivity contribution is -0.141. The average Bonchev–Trinajstić information content (AvgIpc) is 2.39. The van der Waals surface area contributed by atoms with E-state index in [0.717, 1.165) is 15.6 Å². The Labute approximate surface area is 128 Å². The van der Waals surface area contributed by atoms with Gasteiger partial charge in [-0.05, 0) is 24.0 Å². The topological polar surface area (TPSA) is 55.8 Å². The molecule has 0 saturated heterocycles. The van der Waals surface area contributed by atoms with Crippen LogP contribution in [-0.2, 0) is 11.2 Å². The van der Waals surface area contributed by atoms with Crippen LogP contribution in [0.25, 0.3) is 0 Å². The molecule has 0 aliphatic heterocycles. The molecule has 4 nitrogen and oxygen atoms in total. The van der Waals surface area contributed by atoms with Gasteiger partial charge in [0.25, 0.3) is 0 Å². The minimum absolute atomic E-state index is 0.201. The van der Waals surface area contributed by atoms with E-state index >= 15 is 0 Å². The maximum atomic E-state index is 11.1. The number of carboxylic acids is 1. The molecule has 1 rings (SSSR count). The summed E-state index contributed by atoms with van der Waals surface area (Å²) in [6, 6.07) is 1.83. The van der Waals surface area contributed by atoms with Crippen LogP contribution in [0, 0.1) is 5.92 Å². The number of carboxylic acid groups (broad SMARTS) is 1. The minimum atomic E-state index is -0.804. The van der Waals surface area contributed by atoms with E-state index in [2.05, 4.69) is 29.8 Å². The minimum Gasteiger partial charge on any atom is -0.493 e. The average molecular weight is 345 g/mol. The first kappa shape index (κ1) is 16.8. The Morgan fingerprint density at radius 2 is 1.90 bits per heavy atom. The van der Waals surface area contributed by atoms with Crippen molar-refractivity contribution in [3.8, 4) is 11.5 Å². The predicted molar refractivity (Wildman–Crippen MR) is 81.8 cm³/mol. The van der Waals surface area contributed by atoms with Gasteiger partial charge >= 0.3 is 5.97 Å². The summed E-state index contributed by atoms with van der Waals surface area (Å²) in [6.07, 6.45) is 0.448. The largest absolute Gasteiger partial charge is 0.493 e. The highest BCUT2D eigenvalue weighted by atomic mass is 79.9. The molecule has 0 spiro atoms. The summed E-state index contributed by atoms with van der Waals surface area (Å²) in [6.45, 7) is 5.81. The first-order valence-corrected chi connectivity index (χ1v) is 7.28. The molecule has 0 radical (unpaired) electrons. The van der Waals surface area contributed by atoms with E-state index in [1.165, 1.54) is 0 Å². The Hall–Kier alpha value is -1.23. The van der Waals surface area contributed by atoms with Gasteiger partial charge in [0.05, 0.1) is 20.1 Å². The van der Waals surface area contributed by atoms with Crippen molar-refractivity contribution in [2.45, 2.75) is 33.1 Å². The number of methoxy groups -OCH3 is 2. The van der Waals surface area contributed by atoms with Gasteiger partial charge in [0, 0.05) is 10.0 Å². The number of carbonyl (C=O) groups is 1. The first-order chi connectivity index (χ1) is 9.33. The molecular weight excluding hydrogens is 324 g/mol. The van der Waals surface area contributed by atoms with Crippen LogP contribution in [0.3, 0.4) is 0 Å². The van der Waals surface area contributed by atoms with Crippen LogP contribution < -0.4 is 9.47 Å². The third kappa shape index (κ3) is 3.45. The molecule has 5 heteroatoms. The van der Waals surface area contributed by atoms with Gasteiger partial charge in [-0.25, -0.2) is 0 Å². The van der Waals surface area contributed by atoms with E-state index in [1.807, 2.05) is 6.07 Å². The Bertz CT molecular complexity index is 497. The van der Waals surface area contributed by atoms with Crippen molar-refractivity contribution < 1.29 is 19.4 Å². The highest BCUT2D eigenvalue weighted by molar-refractivity contribution is 9.10. The molecule has 0 aliphatic carbocycles. The van der Waals surface area contributed by atoms with Gasteiger partial charge in [-0.15, -0.1) is 0 Å². The van der Waals surface area contributed by atoms with Gasteiger partial charge in [0.15, 0.2) is 11.5 Å². The lowest BCUT2D eigenvalue weighted by atomic mass is 9.90. The van der Waals surface area contributed by atoms with Gasteiger partial charge in [-0.3, -0.25) is 4.79 Å². The van der Waals surface area contributed by atoms with E-state index in [0.29, 0.717) is 17.9 Å². The maximum absolute atomic E-state index is 11.1. The first-order valence-electron chi connectivity index (χ1n) is 6.49. The summed E-state index contributed by atoms with van der Waals surface area (Å²) >= 11 is 3.52. The van der Waals surface area contributed by atoms with E-state index in [9.17, 15) is 4.79 Å². The molecule has 1 aromatic rings. The number of hydrogen-bond acceptors (Lipinski definition) is 3. The molecule has 112 valence electrons. The zero-order valence-electron chi connectivity index (χ0n) is 12.5. The summed E-state index contributed by atoms with van der Waals surface area (Å²) in [5.74, 6) is 0.267. The summed E-state index contributed by atoms with van der Waals surface area (Å²) < 4.78 is 11.7. The smallest absolute Gasteiger partial charge is 0.306 e. The van der Waals surface area contributed by atoms with Crippen LogP contribution in [0.2, 0.25) is 0 Å². The van der Waals surface area contributed by atoms with E-state index in [-0.39, 0.29) is 5.92 Å². The zero-order chi connectivity index (χ0) is 15.4. The van der Waals surface area contributed by atoms with Gasteiger partial charge in [0.2, 0.25) is 0 Å². The fourth-order valence-electron chi connectivity index (χ4n) is 2.24. The predicted octanol–water partition coefficient (Wildman–Crippen LogP) is 3.85. The molecule has 1 aromatic carbocycles. The van der Waals surface area contributed by atoms with Gasteiger partial charge in [-0.2, -0.15) is 0 Å². The van der Waals surface area contributed by atoms with Crippen molar-refractivity contribution in [2.75, 3.05) is 14.2 Å². The molecule has 0 bridgehead atoms. The highest BCUT2D eigenvalue weighted by Crippen LogP contribution is 2.42. The zero-order valence-corrected chi connectivity index (χ0v) is 14.1. The van der Waals surface area contributed by atoms with E-state index in [1.54, 1.807) is 21.1 Å². The fraction of sp³-hybridized carbons (Fsp3) is 0.533. The Morgan fingerprint density at radius 3 is 2.30 bits per heavy atom. The second-order valence-electron chi connectivity index (χ2n) is 5.08. The summed E-state index contributed by atoms with van der Waals surface area (Å²) in [5, 5.41) is 9.12. The van der Waals surface area contributed by atoms with Gasteiger partial charge in [0.1, 0.15) is 0 Å². The normalized spacial score (nSPS) is 12.3. The van der Waals surface area contributed by atoms with Crippen molar-refractivity contribution >= 4 is 21.9 Å². The number of halogens is 1. The Kier molecular flexibility index (Phi) is 5.87. The Balaban J connectivity index is 3.45. The second-order valence-corrected chi connectivity index (χ2v) is 5.94. The van der Waals surface area contributed by atoms with Crippen molar-refractivity contribution in [2.24, 2.45) is 5.92 Å². The fourth-order valence-corrected chi connectivity index (χ4v) is 2.82. The summed E-state index contributed by atoms with van der Waals surface area (Å²) in [4.78, 5) is 11.1. The number of hydrogen-bond donors (Lipinski definition) is 1. The summed E-state index contributed by atoms with van der Waals surface area (Å²) in [5.41, 5.74) is 1.96. The molecule has 0 aromatic heterocycles. The van der Waals surface area contributed by atoms with Crippen molar-refractivity contribution in [1.29, 1.82) is 0 Å². The third-order valence-electron chi connectivity index (χ3n) is 3.27. The SMILES string of the molecule is COc1cc(Br)c(CC(C)C(=O)O)c(C(C)C)c1OC. The third-order valence-corrected chi connectivity index (χ3v) is 3.98. The summed E-state index contributed by atoms with van der Waals surface area (Å²) in [7, 11) is 3.19. The van der Waals surface area contributed by atoms with Crippen LogP contribution in [0.15, 0.2) is 10.5 Å². The van der Waals surface area contributed by atoms with Crippen LogP contribution in [0.1, 0.15) is 37.8 Å². The standard InChI is InChI=1S/C15H21BrO4/c1-8(2)13-10(6-9(3)15(17)18)11(16)7-12(19-4)14(13)20-5/h7-9H,6H2,1-5H3,(H,17,18). The maximum Gasteiger partial charge on any atom is 0.306 e. The molecule has 1 unspecified atom stereocenters. The van der Waals surface area contributed by atoms with Crippen molar-refractivity contribution in [3.05, 3.63) is 21.7 Å². The van der Waals surface area contributed by atoms with Crippen LogP contribution in [0.4, 0.5) is 0 Å². The van der Waals surface area contributed by atoms with Crippen molar-refractivity contribution in [3.63, 3.8) is 0 Å². The Morgan fingerprint density at radius 1 is 1.30 bits per heavy atom. The molecule has 0 fully saturated rings. The number of aliphatic carboxylic acids is 1. The molecule has 20 heavy (non-hydrogen) atoms. The lowest BCUT2D eigenvalue weighted by Crippen LogP contribution is -2.15. The lowest BCUT2D eigenvalue weighted by Gasteiger charge is -2.22. The van der Waals surface area contributed by atoms with Crippen molar-refractivity contribution in [1.82, 2.24) is 0 Å². The number of rotatable bonds is 6. The molecule has 0 saturated carbocycles. The van der Waals surface area contributed by atoms with Gasteiger partial charge in [-0.1, -0.05) is 36.7 Å². The molecule has 0 amide bonds. The van der Waals surface area contributed by atoms with Crippen LogP contribution in [0.5, 0.6) is 11.5 Å². The van der Waals surface area contributed by atoms with Crippen LogP contribution in [-0.4, -0.2) is 25.3 Å². The quantitative estimate of drug-likeness (QED) is 0.851. The van der Waals surface area contributed by atoms with E-state index in [4.69, 9.17) is 14.6 Å². The molecule has 0 aliphatic rings. The number of ether oxygens (including phenoxy) is 2. The molecule has 0 heterocycles. The van der Waals surface area contributed by atoms with E-state index < -0.39 is 11.9 Å². The molecular formula is C15H21BrO4. The molecule has 1 atom stereocenters. The van der Waals surface area contributed by atoms with Crippen LogP contribution >= 0.6 is 15.9 Å². The monoisotopic (exact) mass is 344 g/mol. The number of benzene rings is 1. The second kappa shape index (κ2) is 6.97. The highest BCUT2D eigenvalue weighted by Gasteiger charge is 2.23. The van der Waals surface area contributed by atoms with Gasteiger partial charge < -0.3 is 14.6 Å². The molecule has 1 N–H and O–H groups in total.